The maximum absolute atomic E-state index is 6.29. The van der Waals surface area contributed by atoms with Crippen molar-refractivity contribution in [1.29, 1.82) is 0 Å². The molecule has 3 rings (SSSR count). The molecule has 1 saturated heterocycles. The van der Waals surface area contributed by atoms with E-state index < -0.39 is 0 Å². The summed E-state index contributed by atoms with van der Waals surface area (Å²) in [4.78, 5) is 0. The highest BCUT2D eigenvalue weighted by atomic mass is 35.5. The molecule has 110 valence electrons. The summed E-state index contributed by atoms with van der Waals surface area (Å²) in [6.07, 6.45) is 4.52. The van der Waals surface area contributed by atoms with Gasteiger partial charge in [0.05, 0.1) is 18.8 Å². The smallest absolute Gasteiger partial charge is 0.127 e. The van der Waals surface area contributed by atoms with Gasteiger partial charge in [-0.05, 0) is 43.5 Å². The lowest BCUT2D eigenvalue weighted by molar-refractivity contribution is 0.0774. The number of nitrogens with one attached hydrogen (secondary N) is 1. The van der Waals surface area contributed by atoms with E-state index in [0.29, 0.717) is 0 Å². The van der Waals surface area contributed by atoms with Crippen LogP contribution in [0.3, 0.4) is 0 Å². The summed E-state index contributed by atoms with van der Waals surface area (Å²) in [6.45, 7) is 4.78. The zero-order chi connectivity index (χ0) is 13.9. The zero-order valence-electron chi connectivity index (χ0n) is 12.0. The van der Waals surface area contributed by atoms with Gasteiger partial charge in [-0.25, -0.2) is 0 Å². The van der Waals surface area contributed by atoms with Gasteiger partial charge in [-0.1, -0.05) is 18.5 Å². The van der Waals surface area contributed by atoms with Crippen LogP contribution < -0.4 is 10.1 Å². The van der Waals surface area contributed by atoms with Gasteiger partial charge in [0.2, 0.25) is 0 Å². The Morgan fingerprint density at radius 3 is 3.05 bits per heavy atom. The lowest BCUT2D eigenvalue weighted by atomic mass is 9.96. The number of ether oxygens (including phenoxy) is 2. The number of rotatable bonds is 5. The van der Waals surface area contributed by atoms with Crippen LogP contribution in [0.2, 0.25) is 5.02 Å². The Morgan fingerprint density at radius 1 is 1.40 bits per heavy atom. The predicted octanol–water partition coefficient (Wildman–Crippen LogP) is 3.49. The van der Waals surface area contributed by atoms with Crippen molar-refractivity contribution < 1.29 is 9.47 Å². The number of halogens is 1. The number of hydrogen-bond donors (Lipinski definition) is 1. The molecule has 2 heterocycles. The molecule has 0 amide bonds. The molecule has 3 nitrogen and oxygen atoms in total. The number of fused-ring (bicyclic) bond motifs is 1. The fraction of sp³-hybridized carbons (Fsp3) is 0.625. The predicted molar refractivity (Wildman–Crippen MR) is 80.7 cm³/mol. The summed E-state index contributed by atoms with van der Waals surface area (Å²) in [6, 6.07) is 4.25. The Morgan fingerprint density at radius 2 is 2.30 bits per heavy atom. The second-order valence-corrected chi connectivity index (χ2v) is 6.00. The summed E-state index contributed by atoms with van der Waals surface area (Å²) in [7, 11) is 0. The lowest BCUT2D eigenvalue weighted by Crippen LogP contribution is -2.32. The number of hydrogen-bond acceptors (Lipinski definition) is 3. The fourth-order valence-corrected chi connectivity index (χ4v) is 3.39. The highest BCUT2D eigenvalue weighted by Crippen LogP contribution is 2.39. The maximum Gasteiger partial charge on any atom is 0.127 e. The van der Waals surface area contributed by atoms with E-state index in [4.69, 9.17) is 21.1 Å². The van der Waals surface area contributed by atoms with Crippen molar-refractivity contribution in [3.05, 3.63) is 28.3 Å². The molecule has 20 heavy (non-hydrogen) atoms. The molecule has 2 aliphatic heterocycles. The van der Waals surface area contributed by atoms with E-state index in [1.165, 1.54) is 11.1 Å². The first-order valence-corrected chi connectivity index (χ1v) is 7.97. The molecule has 0 radical (unpaired) electrons. The van der Waals surface area contributed by atoms with Crippen LogP contribution in [0.25, 0.3) is 0 Å². The molecule has 2 atom stereocenters. The van der Waals surface area contributed by atoms with Gasteiger partial charge in [-0.3, -0.25) is 0 Å². The number of benzene rings is 1. The quantitative estimate of drug-likeness (QED) is 0.902. The van der Waals surface area contributed by atoms with Crippen LogP contribution in [-0.4, -0.2) is 25.9 Å². The van der Waals surface area contributed by atoms with Crippen LogP contribution in [0.4, 0.5) is 0 Å². The molecule has 4 heteroatoms. The first-order valence-electron chi connectivity index (χ1n) is 7.59. The molecule has 1 aromatic carbocycles. The minimum Gasteiger partial charge on any atom is -0.493 e. The van der Waals surface area contributed by atoms with Gasteiger partial charge in [0.25, 0.3) is 0 Å². The molecular formula is C16H22ClNO2. The van der Waals surface area contributed by atoms with E-state index in [2.05, 4.69) is 12.2 Å². The SMILES string of the molecule is CCCNC(c1cc(Cl)cc2c1OCC2)C1CCCO1. The van der Waals surface area contributed by atoms with E-state index in [9.17, 15) is 0 Å². The highest BCUT2D eigenvalue weighted by Gasteiger charge is 2.31. The van der Waals surface area contributed by atoms with Crippen LogP contribution in [-0.2, 0) is 11.2 Å². The van der Waals surface area contributed by atoms with Crippen molar-refractivity contribution in [2.75, 3.05) is 19.8 Å². The largest absolute Gasteiger partial charge is 0.493 e. The van der Waals surface area contributed by atoms with Crippen LogP contribution in [0.15, 0.2) is 12.1 Å². The second kappa shape index (κ2) is 6.33. The van der Waals surface area contributed by atoms with Gasteiger partial charge in [-0.15, -0.1) is 0 Å². The minimum atomic E-state index is 0.183. The van der Waals surface area contributed by atoms with Gasteiger partial charge < -0.3 is 14.8 Å². The minimum absolute atomic E-state index is 0.183. The average Bonchev–Trinajstić information content (AvgIpc) is 3.09. The summed E-state index contributed by atoms with van der Waals surface area (Å²) in [5, 5.41) is 4.42. The Labute approximate surface area is 125 Å². The third-order valence-corrected chi connectivity index (χ3v) is 4.28. The zero-order valence-corrected chi connectivity index (χ0v) is 12.7. The first kappa shape index (κ1) is 14.2. The molecule has 1 aromatic rings. The summed E-state index contributed by atoms with van der Waals surface area (Å²) < 4.78 is 11.8. The standard InChI is InChI=1S/C16H22ClNO2/c1-2-6-18-15(14-4-3-7-19-14)13-10-12(17)9-11-5-8-20-16(11)13/h9-10,14-15,18H,2-8H2,1H3. The summed E-state index contributed by atoms with van der Waals surface area (Å²) >= 11 is 6.29. The first-order chi connectivity index (χ1) is 9.79. The van der Waals surface area contributed by atoms with Gasteiger partial charge >= 0.3 is 0 Å². The Balaban J connectivity index is 1.93. The molecule has 0 saturated carbocycles. The van der Waals surface area contributed by atoms with E-state index in [0.717, 1.165) is 56.2 Å². The molecule has 0 spiro atoms. The summed E-state index contributed by atoms with van der Waals surface area (Å²) in [5.41, 5.74) is 2.40. The highest BCUT2D eigenvalue weighted by molar-refractivity contribution is 6.30. The van der Waals surface area contributed by atoms with Crippen molar-refractivity contribution in [3.63, 3.8) is 0 Å². The van der Waals surface area contributed by atoms with E-state index >= 15 is 0 Å². The molecule has 2 unspecified atom stereocenters. The van der Waals surface area contributed by atoms with Crippen LogP contribution in [0.5, 0.6) is 5.75 Å². The van der Waals surface area contributed by atoms with Crippen LogP contribution in [0.1, 0.15) is 43.4 Å². The van der Waals surface area contributed by atoms with E-state index in [-0.39, 0.29) is 12.1 Å². The topological polar surface area (TPSA) is 30.5 Å². The van der Waals surface area contributed by atoms with Crippen LogP contribution in [0, 0.1) is 0 Å². The van der Waals surface area contributed by atoms with Crippen molar-refractivity contribution in [2.24, 2.45) is 0 Å². The van der Waals surface area contributed by atoms with Gasteiger partial charge in [-0.2, -0.15) is 0 Å². The Bertz CT molecular complexity index is 472. The molecule has 1 fully saturated rings. The summed E-state index contributed by atoms with van der Waals surface area (Å²) in [5.74, 6) is 1.03. The third kappa shape index (κ3) is 2.80. The third-order valence-electron chi connectivity index (χ3n) is 4.06. The van der Waals surface area contributed by atoms with Crippen molar-refractivity contribution >= 4 is 11.6 Å². The molecule has 1 N–H and O–H groups in total. The lowest BCUT2D eigenvalue weighted by Gasteiger charge is -2.26. The molecule has 0 aromatic heterocycles. The van der Waals surface area contributed by atoms with Crippen molar-refractivity contribution in [2.45, 2.75) is 44.8 Å². The van der Waals surface area contributed by atoms with Crippen LogP contribution >= 0.6 is 11.6 Å². The van der Waals surface area contributed by atoms with Crippen molar-refractivity contribution in [3.8, 4) is 5.75 Å². The molecule has 2 aliphatic rings. The van der Waals surface area contributed by atoms with Gasteiger partial charge in [0.1, 0.15) is 5.75 Å². The molecule has 0 aliphatic carbocycles. The fourth-order valence-electron chi connectivity index (χ4n) is 3.14. The molecule has 0 bridgehead atoms. The normalized spacial score (nSPS) is 22.6. The Kier molecular flexibility index (Phi) is 4.49. The second-order valence-electron chi connectivity index (χ2n) is 5.56. The average molecular weight is 296 g/mol. The van der Waals surface area contributed by atoms with Gasteiger partial charge in [0.15, 0.2) is 0 Å². The molecular weight excluding hydrogens is 274 g/mol. The van der Waals surface area contributed by atoms with E-state index in [1.54, 1.807) is 0 Å². The van der Waals surface area contributed by atoms with E-state index in [1.807, 2.05) is 12.1 Å². The Hall–Kier alpha value is -0.770. The maximum atomic E-state index is 6.29. The van der Waals surface area contributed by atoms with Crippen molar-refractivity contribution in [1.82, 2.24) is 5.32 Å². The van der Waals surface area contributed by atoms with Gasteiger partial charge in [0, 0.05) is 23.6 Å². The monoisotopic (exact) mass is 295 g/mol.